The monoisotopic (exact) mass is 599 g/mol. The average Bonchev–Trinajstić information content (AvgIpc) is 3.56. The van der Waals surface area contributed by atoms with E-state index in [2.05, 4.69) is 15.2 Å². The Morgan fingerprint density at radius 1 is 1.02 bits per heavy atom. The summed E-state index contributed by atoms with van der Waals surface area (Å²) in [4.78, 5) is 4.39. The second-order valence-corrected chi connectivity index (χ2v) is 11.6. The topological polar surface area (TPSA) is 130 Å². The lowest BCUT2D eigenvalue weighted by molar-refractivity contribution is 0.228. The summed E-state index contributed by atoms with van der Waals surface area (Å²) in [5.41, 5.74) is 9.83. The fourth-order valence-electron chi connectivity index (χ4n) is 4.55. The van der Waals surface area contributed by atoms with Gasteiger partial charge >= 0.3 is 5.76 Å². The Balaban J connectivity index is 1.63. The van der Waals surface area contributed by atoms with E-state index in [9.17, 15) is 21.6 Å². The molecule has 10 nitrogen and oxygen atoms in total. The van der Waals surface area contributed by atoms with Crippen LogP contribution in [-0.2, 0) is 17.1 Å². The van der Waals surface area contributed by atoms with E-state index in [1.54, 1.807) is 31.0 Å². The second-order valence-electron chi connectivity index (χ2n) is 9.99. The molecule has 3 heterocycles. The predicted octanol–water partition coefficient (Wildman–Crippen LogP) is 5.91. The molecule has 0 spiro atoms. The molecule has 5 aromatic rings. The van der Waals surface area contributed by atoms with Gasteiger partial charge in [-0.15, -0.1) is 0 Å². The summed E-state index contributed by atoms with van der Waals surface area (Å²) < 4.78 is 75.4. The van der Waals surface area contributed by atoms with Gasteiger partial charge in [0.1, 0.15) is 29.2 Å². The molecular formula is C28H28F3N7O3S. The number of halogens is 3. The highest BCUT2D eigenvalue weighted by molar-refractivity contribution is 7.93. The molecule has 0 saturated heterocycles. The number of rotatable bonds is 9. The number of aryl methyl sites for hydroxylation is 1. The molecule has 0 amide bonds. The highest BCUT2D eigenvalue weighted by Crippen LogP contribution is 2.40. The van der Waals surface area contributed by atoms with Crippen molar-refractivity contribution in [1.82, 2.24) is 24.5 Å². The average molecular weight is 600 g/mol. The van der Waals surface area contributed by atoms with Crippen molar-refractivity contribution in [3.8, 4) is 28.1 Å². The third-order valence-electron chi connectivity index (χ3n) is 6.72. The quantitative estimate of drug-likeness (QED) is 0.216. The van der Waals surface area contributed by atoms with Crippen molar-refractivity contribution in [1.29, 1.82) is 0 Å². The van der Waals surface area contributed by atoms with Crippen LogP contribution in [0, 0.1) is 5.82 Å². The third kappa shape index (κ3) is 5.49. The van der Waals surface area contributed by atoms with E-state index in [-0.39, 0.29) is 23.3 Å². The molecule has 220 valence electrons. The number of nitrogen functional groups attached to an aromatic ring is 1. The van der Waals surface area contributed by atoms with E-state index in [0.29, 0.717) is 27.7 Å². The van der Waals surface area contributed by atoms with Gasteiger partial charge < -0.3 is 10.5 Å². The zero-order valence-corrected chi connectivity index (χ0v) is 23.9. The van der Waals surface area contributed by atoms with Crippen molar-refractivity contribution >= 4 is 32.4 Å². The summed E-state index contributed by atoms with van der Waals surface area (Å²) in [6.07, 6.45) is 4.57. The van der Waals surface area contributed by atoms with E-state index in [0.717, 1.165) is 11.1 Å². The van der Waals surface area contributed by atoms with Gasteiger partial charge in [-0.3, -0.25) is 14.1 Å². The maximum absolute atomic E-state index is 13.5. The zero-order valence-electron chi connectivity index (χ0n) is 23.1. The normalized spacial score (nSPS) is 12.8. The number of hydrogen-bond acceptors (Lipinski definition) is 7. The Kier molecular flexibility index (Phi) is 7.58. The number of benzene rings is 2. The smallest absolute Gasteiger partial charge is 0.355 e. The van der Waals surface area contributed by atoms with Gasteiger partial charge in [0.2, 0.25) is 0 Å². The van der Waals surface area contributed by atoms with Gasteiger partial charge in [-0.2, -0.15) is 19.0 Å². The lowest BCUT2D eigenvalue weighted by atomic mass is 10.0. The third-order valence-corrected chi connectivity index (χ3v) is 7.69. The number of aromatic nitrogens is 5. The first-order chi connectivity index (χ1) is 19.9. The molecule has 0 aliphatic heterocycles. The molecule has 5 rings (SSSR count). The number of nitrogens with two attached hydrogens (primary N) is 1. The number of nitrogens with one attached hydrogen (secondary N) is 1. The van der Waals surface area contributed by atoms with Crippen LogP contribution in [0.15, 0.2) is 61.1 Å². The van der Waals surface area contributed by atoms with Gasteiger partial charge in [-0.1, -0.05) is 18.2 Å². The first-order valence-electron chi connectivity index (χ1n) is 12.9. The number of anilines is 2. The predicted molar refractivity (Wildman–Crippen MR) is 154 cm³/mol. The first kappa shape index (κ1) is 28.9. The SMILES string of the molecule is CC(C)n1cc(-c2cnc(N)c3c(-c4ccc(NS(=O)(=O)C(F)F)c(O[C@@H](C)c5ccc(F)cc5)c4)nn(C)c23)cn1. The summed E-state index contributed by atoms with van der Waals surface area (Å²) in [5.74, 6) is -3.95. The van der Waals surface area contributed by atoms with Crippen molar-refractivity contribution in [2.24, 2.45) is 7.05 Å². The summed E-state index contributed by atoms with van der Waals surface area (Å²) in [5, 5.41) is 9.63. The maximum Gasteiger partial charge on any atom is 0.355 e. The molecule has 0 radical (unpaired) electrons. The van der Waals surface area contributed by atoms with Gasteiger partial charge in [0.25, 0.3) is 10.0 Å². The summed E-state index contributed by atoms with van der Waals surface area (Å²) >= 11 is 0. The van der Waals surface area contributed by atoms with Gasteiger partial charge in [-0.25, -0.2) is 17.8 Å². The Bertz CT molecular complexity index is 1870. The largest absolute Gasteiger partial charge is 0.484 e. The van der Waals surface area contributed by atoms with Crippen LogP contribution in [0.1, 0.15) is 38.5 Å². The second kappa shape index (κ2) is 11.0. The van der Waals surface area contributed by atoms with Crippen LogP contribution in [0.3, 0.4) is 0 Å². The molecule has 3 aromatic heterocycles. The molecule has 2 aromatic carbocycles. The van der Waals surface area contributed by atoms with Crippen molar-refractivity contribution in [3.63, 3.8) is 0 Å². The number of sulfonamides is 1. The Labute approximate surface area is 240 Å². The molecule has 3 N–H and O–H groups in total. The van der Waals surface area contributed by atoms with Crippen LogP contribution in [0.2, 0.25) is 0 Å². The van der Waals surface area contributed by atoms with E-state index in [4.69, 9.17) is 10.5 Å². The minimum atomic E-state index is -5.01. The van der Waals surface area contributed by atoms with Gasteiger partial charge in [0.15, 0.2) is 0 Å². The minimum Gasteiger partial charge on any atom is -0.484 e. The standard InChI is InChI=1S/C28H28F3N7O3S/c1-15(2)38-14-19(12-34-38)21-13-33-27(32)24-25(35-37(4)26(21)24)18-7-10-22(36-42(39,40)28(30)31)23(11-18)41-16(3)17-5-8-20(29)9-6-17/h5-16,28,36H,1-4H3,(H2,32,33)/t16-/m0/s1. The molecule has 14 heteroatoms. The van der Waals surface area contributed by atoms with Gasteiger partial charge in [-0.05, 0) is 50.6 Å². The van der Waals surface area contributed by atoms with E-state index < -0.39 is 27.7 Å². The number of hydrogen-bond donors (Lipinski definition) is 2. The van der Waals surface area contributed by atoms with Crippen molar-refractivity contribution in [2.75, 3.05) is 10.5 Å². The summed E-state index contributed by atoms with van der Waals surface area (Å²) in [7, 11) is -3.25. The van der Waals surface area contributed by atoms with E-state index in [1.807, 2.05) is 29.4 Å². The van der Waals surface area contributed by atoms with Crippen LogP contribution in [0.4, 0.5) is 24.7 Å². The van der Waals surface area contributed by atoms with Gasteiger partial charge in [0.05, 0.1) is 22.8 Å². The number of alkyl halides is 2. The molecule has 0 aliphatic carbocycles. The number of ether oxygens (including phenoxy) is 1. The minimum absolute atomic E-state index is 0.0479. The molecule has 42 heavy (non-hydrogen) atoms. The molecular weight excluding hydrogens is 571 g/mol. The highest BCUT2D eigenvalue weighted by atomic mass is 32.2. The zero-order chi connectivity index (χ0) is 30.3. The molecule has 0 saturated carbocycles. The summed E-state index contributed by atoms with van der Waals surface area (Å²) in [6.45, 7) is 5.68. The Morgan fingerprint density at radius 3 is 2.38 bits per heavy atom. The fourth-order valence-corrected chi connectivity index (χ4v) is 5.11. The molecule has 0 bridgehead atoms. The Morgan fingerprint density at radius 2 is 1.74 bits per heavy atom. The van der Waals surface area contributed by atoms with Crippen molar-refractivity contribution in [3.05, 3.63) is 72.4 Å². The molecule has 0 aliphatic rings. The Hall–Kier alpha value is -4.59. The summed E-state index contributed by atoms with van der Waals surface area (Å²) in [6, 6.07) is 9.98. The number of pyridine rings is 1. The number of fused-ring (bicyclic) bond motifs is 1. The maximum atomic E-state index is 13.5. The van der Waals surface area contributed by atoms with Crippen LogP contribution >= 0.6 is 0 Å². The van der Waals surface area contributed by atoms with Crippen LogP contribution in [-0.4, -0.2) is 38.7 Å². The molecule has 0 unspecified atom stereocenters. The lowest BCUT2D eigenvalue weighted by Gasteiger charge is -2.19. The molecule has 1 atom stereocenters. The highest BCUT2D eigenvalue weighted by Gasteiger charge is 2.27. The first-order valence-corrected chi connectivity index (χ1v) is 14.4. The van der Waals surface area contributed by atoms with E-state index >= 15 is 0 Å². The molecule has 0 fully saturated rings. The fraction of sp³-hybridized carbons (Fsp3) is 0.250. The van der Waals surface area contributed by atoms with Crippen LogP contribution < -0.4 is 15.2 Å². The van der Waals surface area contributed by atoms with Gasteiger partial charge in [0, 0.05) is 42.2 Å². The van der Waals surface area contributed by atoms with Crippen molar-refractivity contribution in [2.45, 2.75) is 38.7 Å². The van der Waals surface area contributed by atoms with Crippen LogP contribution in [0.5, 0.6) is 5.75 Å². The number of nitrogens with zero attached hydrogens (tertiary/aromatic N) is 5. The van der Waals surface area contributed by atoms with Crippen LogP contribution in [0.25, 0.3) is 33.3 Å². The van der Waals surface area contributed by atoms with E-state index in [1.165, 1.54) is 42.5 Å². The van der Waals surface area contributed by atoms with Crippen molar-refractivity contribution < 1.29 is 26.3 Å². The lowest BCUT2D eigenvalue weighted by Crippen LogP contribution is -2.21.